The fraction of sp³-hybridized carbons (Fsp3) is 0.333. The molecule has 1 N–H and O–H groups in total. The van der Waals surface area contributed by atoms with E-state index in [2.05, 4.69) is 10.1 Å². The van der Waals surface area contributed by atoms with Crippen LogP contribution < -0.4 is 0 Å². The van der Waals surface area contributed by atoms with Crippen molar-refractivity contribution in [2.75, 3.05) is 0 Å². The van der Waals surface area contributed by atoms with Gasteiger partial charge in [0.1, 0.15) is 18.2 Å². The lowest BCUT2D eigenvalue weighted by atomic mass is 10.3. The van der Waals surface area contributed by atoms with Gasteiger partial charge in [0.2, 0.25) is 0 Å². The second kappa shape index (κ2) is 6.17. The van der Waals surface area contributed by atoms with Crippen LogP contribution in [0.1, 0.15) is 12.7 Å². The summed E-state index contributed by atoms with van der Waals surface area (Å²) in [6.07, 6.45) is 2.53. The third kappa shape index (κ3) is 3.07. The van der Waals surface area contributed by atoms with E-state index in [1.54, 1.807) is 0 Å². The zero-order chi connectivity index (χ0) is 16.4. The van der Waals surface area contributed by atoms with Crippen LogP contribution in [-0.4, -0.2) is 35.5 Å². The second-order valence-corrected chi connectivity index (χ2v) is 5.31. The van der Waals surface area contributed by atoms with E-state index in [0.717, 1.165) is 23.3 Å². The number of benzene rings is 1. The lowest BCUT2D eigenvalue weighted by molar-refractivity contribution is -0.385. The van der Waals surface area contributed by atoms with Crippen molar-refractivity contribution in [2.45, 2.75) is 32.5 Å². The summed E-state index contributed by atoms with van der Waals surface area (Å²) >= 11 is 0. The summed E-state index contributed by atoms with van der Waals surface area (Å²) in [5.41, 5.74) is 1.78. The number of aryl methyl sites for hydroxylation is 1. The van der Waals surface area contributed by atoms with E-state index >= 15 is 0 Å². The van der Waals surface area contributed by atoms with Crippen molar-refractivity contribution in [1.29, 1.82) is 0 Å². The molecule has 0 fully saturated rings. The van der Waals surface area contributed by atoms with Gasteiger partial charge in [0, 0.05) is 6.42 Å². The molecule has 0 amide bonds. The van der Waals surface area contributed by atoms with Gasteiger partial charge in [0.25, 0.3) is 0 Å². The molecule has 0 bridgehead atoms. The Balaban J connectivity index is 1.79. The van der Waals surface area contributed by atoms with Gasteiger partial charge in [-0.25, -0.2) is 4.98 Å². The van der Waals surface area contributed by atoms with Gasteiger partial charge >= 0.3 is 5.69 Å². The maximum absolute atomic E-state index is 10.7. The lowest BCUT2D eigenvalue weighted by Gasteiger charge is -2.14. The number of nitro groups is 1. The van der Waals surface area contributed by atoms with Crippen LogP contribution in [0.15, 0.2) is 36.7 Å². The highest BCUT2D eigenvalue weighted by Crippen LogP contribution is 2.17. The Labute approximate surface area is 132 Å². The predicted octanol–water partition coefficient (Wildman–Crippen LogP) is 1.76. The molecule has 0 aliphatic heterocycles. The number of hydrogen-bond acceptors (Lipinski definition) is 5. The van der Waals surface area contributed by atoms with Gasteiger partial charge in [-0.15, -0.1) is 0 Å². The Morgan fingerprint density at radius 1 is 1.35 bits per heavy atom. The number of hydrogen-bond donors (Lipinski definition) is 1. The minimum absolute atomic E-state index is 0.0838. The fourth-order valence-electron chi connectivity index (χ4n) is 2.63. The number of aliphatic hydroxyl groups is 1. The molecule has 8 nitrogen and oxygen atoms in total. The SMILES string of the molecule is CCc1nc2ccccc2n1CC(O)Cn1cc([N+](=O)[O-])cn1. The molecule has 1 atom stereocenters. The van der Waals surface area contributed by atoms with Crippen molar-refractivity contribution >= 4 is 16.7 Å². The molecule has 2 heterocycles. The molecule has 0 aliphatic rings. The predicted molar refractivity (Wildman–Crippen MR) is 84.0 cm³/mol. The molecule has 0 spiro atoms. The molecule has 1 aromatic carbocycles. The minimum atomic E-state index is -0.725. The van der Waals surface area contributed by atoms with Crippen molar-refractivity contribution in [3.05, 3.63) is 52.6 Å². The highest BCUT2D eigenvalue weighted by molar-refractivity contribution is 5.75. The van der Waals surface area contributed by atoms with E-state index in [1.165, 1.54) is 17.1 Å². The Morgan fingerprint density at radius 2 is 2.13 bits per heavy atom. The molecule has 23 heavy (non-hydrogen) atoms. The van der Waals surface area contributed by atoms with Gasteiger partial charge < -0.3 is 9.67 Å². The van der Waals surface area contributed by atoms with Crippen LogP contribution in [0.25, 0.3) is 11.0 Å². The quantitative estimate of drug-likeness (QED) is 0.552. The molecule has 3 aromatic rings. The summed E-state index contributed by atoms with van der Waals surface area (Å²) in [7, 11) is 0. The third-order valence-corrected chi connectivity index (χ3v) is 3.67. The van der Waals surface area contributed by atoms with Gasteiger partial charge in [0.05, 0.1) is 35.2 Å². The van der Waals surface area contributed by atoms with Gasteiger partial charge in [-0.1, -0.05) is 19.1 Å². The molecule has 0 saturated carbocycles. The zero-order valence-corrected chi connectivity index (χ0v) is 12.7. The third-order valence-electron chi connectivity index (χ3n) is 3.67. The van der Waals surface area contributed by atoms with Gasteiger partial charge in [-0.3, -0.25) is 14.8 Å². The molecule has 3 rings (SSSR count). The summed E-state index contributed by atoms with van der Waals surface area (Å²) in [5, 5.41) is 24.9. The Morgan fingerprint density at radius 3 is 2.83 bits per heavy atom. The normalized spacial score (nSPS) is 12.6. The average molecular weight is 315 g/mol. The number of imidazole rings is 1. The number of aromatic nitrogens is 4. The fourth-order valence-corrected chi connectivity index (χ4v) is 2.63. The minimum Gasteiger partial charge on any atom is -0.389 e. The maximum atomic E-state index is 10.7. The first-order valence-electron chi connectivity index (χ1n) is 7.37. The van der Waals surface area contributed by atoms with Crippen LogP contribution in [0.4, 0.5) is 5.69 Å². The van der Waals surface area contributed by atoms with Crippen LogP contribution in [0.2, 0.25) is 0 Å². The van der Waals surface area contributed by atoms with E-state index in [0.29, 0.717) is 6.54 Å². The molecule has 2 aromatic heterocycles. The molecule has 120 valence electrons. The largest absolute Gasteiger partial charge is 0.389 e. The first-order chi connectivity index (χ1) is 11.1. The Hall–Kier alpha value is -2.74. The van der Waals surface area contributed by atoms with Crippen LogP contribution in [0.3, 0.4) is 0 Å². The van der Waals surface area contributed by atoms with E-state index in [-0.39, 0.29) is 12.2 Å². The molecular weight excluding hydrogens is 298 g/mol. The Kier molecular flexibility index (Phi) is 4.07. The highest BCUT2D eigenvalue weighted by Gasteiger charge is 2.15. The summed E-state index contributed by atoms with van der Waals surface area (Å²) in [5.74, 6) is 0.900. The smallest absolute Gasteiger partial charge is 0.306 e. The first kappa shape index (κ1) is 15.2. The number of fused-ring (bicyclic) bond motifs is 1. The van der Waals surface area contributed by atoms with Crippen molar-refractivity contribution in [2.24, 2.45) is 0 Å². The average Bonchev–Trinajstić information content (AvgIpc) is 3.12. The summed E-state index contributed by atoms with van der Waals surface area (Å²) in [6, 6.07) is 7.77. The first-order valence-corrected chi connectivity index (χ1v) is 7.37. The van der Waals surface area contributed by atoms with Gasteiger partial charge in [-0.05, 0) is 12.1 Å². The number of para-hydroxylation sites is 2. The number of nitrogens with zero attached hydrogens (tertiary/aromatic N) is 5. The van der Waals surface area contributed by atoms with E-state index < -0.39 is 11.0 Å². The summed E-state index contributed by atoms with van der Waals surface area (Å²) in [6.45, 7) is 2.56. The van der Waals surface area contributed by atoms with Crippen LogP contribution in [0, 0.1) is 10.1 Å². The molecule has 1 unspecified atom stereocenters. The number of rotatable bonds is 6. The Bertz CT molecular complexity index is 839. The van der Waals surface area contributed by atoms with Crippen LogP contribution in [0.5, 0.6) is 0 Å². The summed E-state index contributed by atoms with van der Waals surface area (Å²) < 4.78 is 3.37. The van der Waals surface area contributed by atoms with Crippen molar-refractivity contribution in [1.82, 2.24) is 19.3 Å². The van der Waals surface area contributed by atoms with Crippen molar-refractivity contribution < 1.29 is 10.0 Å². The topological polar surface area (TPSA) is 99.0 Å². The van der Waals surface area contributed by atoms with Crippen molar-refractivity contribution in [3.8, 4) is 0 Å². The second-order valence-electron chi connectivity index (χ2n) is 5.31. The van der Waals surface area contributed by atoms with Crippen LogP contribution in [-0.2, 0) is 19.5 Å². The van der Waals surface area contributed by atoms with Crippen molar-refractivity contribution in [3.63, 3.8) is 0 Å². The maximum Gasteiger partial charge on any atom is 0.306 e. The molecule has 0 radical (unpaired) electrons. The zero-order valence-electron chi connectivity index (χ0n) is 12.7. The lowest BCUT2D eigenvalue weighted by Crippen LogP contribution is -2.23. The van der Waals surface area contributed by atoms with Gasteiger partial charge in [-0.2, -0.15) is 5.10 Å². The van der Waals surface area contributed by atoms with E-state index in [4.69, 9.17) is 0 Å². The molecule has 8 heteroatoms. The highest BCUT2D eigenvalue weighted by atomic mass is 16.6. The molecule has 0 saturated heterocycles. The van der Waals surface area contributed by atoms with Gasteiger partial charge in [0.15, 0.2) is 0 Å². The monoisotopic (exact) mass is 315 g/mol. The van der Waals surface area contributed by atoms with E-state index in [1.807, 2.05) is 35.8 Å². The standard InChI is InChI=1S/C15H17N5O3/c1-2-15-17-13-5-3-4-6-14(13)19(15)10-12(21)9-18-8-11(7-16-18)20(22)23/h3-8,12,21H,2,9-10H2,1H3. The number of aliphatic hydroxyl groups excluding tert-OH is 1. The molecular formula is C15H17N5O3. The van der Waals surface area contributed by atoms with Crippen LogP contribution >= 0.6 is 0 Å². The van der Waals surface area contributed by atoms with E-state index in [9.17, 15) is 15.2 Å². The summed E-state index contributed by atoms with van der Waals surface area (Å²) in [4.78, 5) is 14.7. The molecule has 0 aliphatic carbocycles.